The van der Waals surface area contributed by atoms with Gasteiger partial charge in [0.15, 0.2) is 11.2 Å². The summed E-state index contributed by atoms with van der Waals surface area (Å²) < 4.78 is 4.18. The fourth-order valence-electron chi connectivity index (χ4n) is 2.65. The topological polar surface area (TPSA) is 99.1 Å². The monoisotopic (exact) mass is 308 g/mol. The molecule has 0 fully saturated rings. The van der Waals surface area contributed by atoms with E-state index in [1.54, 1.807) is 11.5 Å². The van der Waals surface area contributed by atoms with Crippen LogP contribution in [0.15, 0.2) is 9.59 Å². The summed E-state index contributed by atoms with van der Waals surface area (Å²) in [6.45, 7) is 7.86. The number of imidazole rings is 1. The Bertz CT molecular complexity index is 841. The Hall–Kier alpha value is -2.38. The van der Waals surface area contributed by atoms with E-state index in [1.807, 2.05) is 20.8 Å². The quantitative estimate of drug-likeness (QED) is 0.872. The third kappa shape index (κ3) is 2.34. The van der Waals surface area contributed by atoms with E-state index in [0.29, 0.717) is 6.54 Å². The van der Waals surface area contributed by atoms with Gasteiger partial charge >= 0.3 is 11.7 Å². The van der Waals surface area contributed by atoms with Crippen molar-refractivity contribution in [1.29, 1.82) is 0 Å². The van der Waals surface area contributed by atoms with Crippen LogP contribution in [0.4, 0.5) is 0 Å². The van der Waals surface area contributed by atoms with E-state index in [0.717, 1.165) is 4.57 Å². The molecule has 0 saturated heterocycles. The van der Waals surface area contributed by atoms with Crippen LogP contribution < -0.4 is 11.2 Å². The summed E-state index contributed by atoms with van der Waals surface area (Å²) in [6.07, 6.45) is -0.291. The van der Waals surface area contributed by atoms with Crippen LogP contribution >= 0.6 is 0 Å². The largest absolute Gasteiger partial charge is 0.481 e. The first-order valence-corrected chi connectivity index (χ1v) is 7.29. The molecule has 1 N–H and O–H groups in total. The van der Waals surface area contributed by atoms with Crippen molar-refractivity contribution in [3.8, 4) is 0 Å². The zero-order chi connectivity index (χ0) is 16.6. The smallest absolute Gasteiger partial charge is 0.332 e. The summed E-state index contributed by atoms with van der Waals surface area (Å²) in [6, 6.07) is -0.189. The first-order valence-electron chi connectivity index (χ1n) is 7.29. The molecule has 0 aliphatic carbocycles. The molecule has 0 spiro atoms. The van der Waals surface area contributed by atoms with Crippen molar-refractivity contribution in [2.75, 3.05) is 0 Å². The lowest BCUT2D eigenvalue weighted by atomic mass is 10.3. The van der Waals surface area contributed by atoms with Crippen LogP contribution in [0.25, 0.3) is 11.2 Å². The van der Waals surface area contributed by atoms with Crippen molar-refractivity contribution in [2.24, 2.45) is 0 Å². The van der Waals surface area contributed by atoms with Crippen molar-refractivity contribution >= 4 is 17.1 Å². The number of hydrogen-bond acceptors (Lipinski definition) is 4. The van der Waals surface area contributed by atoms with Crippen molar-refractivity contribution < 1.29 is 9.90 Å². The Morgan fingerprint density at radius 3 is 2.23 bits per heavy atom. The minimum Gasteiger partial charge on any atom is -0.481 e. The van der Waals surface area contributed by atoms with Crippen LogP contribution in [0.1, 0.15) is 39.6 Å². The molecule has 8 heteroatoms. The molecule has 22 heavy (non-hydrogen) atoms. The van der Waals surface area contributed by atoms with E-state index in [9.17, 15) is 14.4 Å². The van der Waals surface area contributed by atoms with Gasteiger partial charge in [-0.15, -0.1) is 0 Å². The first kappa shape index (κ1) is 16.0. The summed E-state index contributed by atoms with van der Waals surface area (Å²) in [5.41, 5.74) is -0.301. The second-order valence-corrected chi connectivity index (χ2v) is 5.31. The van der Waals surface area contributed by atoms with E-state index in [1.165, 1.54) is 4.57 Å². The number of carboxylic acid groups (broad SMARTS) is 1. The Morgan fingerprint density at radius 1 is 1.18 bits per heavy atom. The highest BCUT2D eigenvalue weighted by molar-refractivity contribution is 5.75. The number of aliphatic carboxylic acids is 1. The number of nitrogens with zero attached hydrogens (tertiary/aromatic N) is 4. The lowest BCUT2D eigenvalue weighted by Gasteiger charge is -2.13. The van der Waals surface area contributed by atoms with Gasteiger partial charge in [0.25, 0.3) is 5.56 Å². The molecule has 2 aromatic rings. The Kier molecular flexibility index (Phi) is 4.20. The molecule has 0 atom stereocenters. The van der Waals surface area contributed by atoms with Crippen molar-refractivity contribution in [1.82, 2.24) is 18.7 Å². The average molecular weight is 308 g/mol. The number of aryl methyl sites for hydroxylation is 1. The van der Waals surface area contributed by atoms with Gasteiger partial charge in [0.05, 0.1) is 0 Å². The predicted octanol–water partition coefficient (Wildman–Crippen LogP) is 0.607. The standard InChI is InChI=1S/C14H20N4O4/c1-5-16-9(7-10(19)20)15-12-11(16)13(21)17(6-2)14(22)18(12)8(3)4/h8H,5-7H2,1-4H3,(H,19,20). The van der Waals surface area contributed by atoms with Gasteiger partial charge in [-0.05, 0) is 27.7 Å². The maximum absolute atomic E-state index is 12.6. The van der Waals surface area contributed by atoms with Gasteiger partial charge in [-0.25, -0.2) is 9.78 Å². The van der Waals surface area contributed by atoms with Gasteiger partial charge in [-0.3, -0.25) is 18.7 Å². The number of rotatable bonds is 5. The number of fused-ring (bicyclic) bond motifs is 1. The second kappa shape index (κ2) is 5.78. The van der Waals surface area contributed by atoms with E-state index in [-0.39, 0.29) is 36.0 Å². The molecule has 0 aromatic carbocycles. The molecule has 2 heterocycles. The minimum atomic E-state index is -1.03. The van der Waals surface area contributed by atoms with E-state index < -0.39 is 17.2 Å². The number of hydrogen-bond donors (Lipinski definition) is 1. The van der Waals surface area contributed by atoms with Gasteiger partial charge in [-0.2, -0.15) is 0 Å². The highest BCUT2D eigenvalue weighted by Crippen LogP contribution is 2.15. The van der Waals surface area contributed by atoms with Crippen LogP contribution in [0.5, 0.6) is 0 Å². The molecule has 0 aliphatic rings. The Labute approximate surface area is 126 Å². The molecule has 0 aliphatic heterocycles. The van der Waals surface area contributed by atoms with Crippen molar-refractivity contribution in [2.45, 2.75) is 53.2 Å². The Balaban J connectivity index is 3.01. The normalized spacial score (nSPS) is 11.5. The fourth-order valence-corrected chi connectivity index (χ4v) is 2.65. The lowest BCUT2D eigenvalue weighted by molar-refractivity contribution is -0.136. The molecule has 120 valence electrons. The van der Waals surface area contributed by atoms with Crippen LogP contribution in [-0.4, -0.2) is 29.8 Å². The summed E-state index contributed by atoms with van der Waals surface area (Å²) >= 11 is 0. The van der Waals surface area contributed by atoms with E-state index in [4.69, 9.17) is 5.11 Å². The van der Waals surface area contributed by atoms with Crippen LogP contribution in [0.2, 0.25) is 0 Å². The third-order valence-electron chi connectivity index (χ3n) is 3.60. The Morgan fingerprint density at radius 2 is 1.77 bits per heavy atom. The second-order valence-electron chi connectivity index (χ2n) is 5.31. The number of aromatic nitrogens is 4. The minimum absolute atomic E-state index is 0.189. The van der Waals surface area contributed by atoms with Gasteiger partial charge in [0, 0.05) is 19.1 Å². The SMILES string of the molecule is CCn1c(=O)c2c(nc(CC(=O)O)n2CC)n(C(C)C)c1=O. The van der Waals surface area contributed by atoms with E-state index >= 15 is 0 Å². The molecule has 2 rings (SSSR count). The summed E-state index contributed by atoms with van der Waals surface area (Å²) in [4.78, 5) is 40.3. The highest BCUT2D eigenvalue weighted by Gasteiger charge is 2.22. The third-order valence-corrected chi connectivity index (χ3v) is 3.60. The molecular formula is C14H20N4O4. The number of carbonyl (C=O) groups is 1. The van der Waals surface area contributed by atoms with Crippen LogP contribution in [0, 0.1) is 0 Å². The zero-order valence-electron chi connectivity index (χ0n) is 13.2. The molecule has 0 unspecified atom stereocenters. The molecule has 0 bridgehead atoms. The molecule has 0 amide bonds. The van der Waals surface area contributed by atoms with Gasteiger partial charge in [0.1, 0.15) is 12.2 Å². The first-order chi connectivity index (χ1) is 10.3. The summed E-state index contributed by atoms with van der Waals surface area (Å²) in [7, 11) is 0. The van der Waals surface area contributed by atoms with Crippen molar-refractivity contribution in [3.05, 3.63) is 26.7 Å². The van der Waals surface area contributed by atoms with Gasteiger partial charge < -0.3 is 9.67 Å². The molecule has 0 saturated carbocycles. The highest BCUT2D eigenvalue weighted by atomic mass is 16.4. The van der Waals surface area contributed by atoms with Crippen LogP contribution in [-0.2, 0) is 24.3 Å². The summed E-state index contributed by atoms with van der Waals surface area (Å²) in [5.74, 6) is -0.746. The van der Waals surface area contributed by atoms with Gasteiger partial charge in [-0.1, -0.05) is 0 Å². The fraction of sp³-hybridized carbons (Fsp3) is 0.571. The predicted molar refractivity (Wildman–Crippen MR) is 81.3 cm³/mol. The molecular weight excluding hydrogens is 288 g/mol. The van der Waals surface area contributed by atoms with Crippen LogP contribution in [0.3, 0.4) is 0 Å². The molecule has 8 nitrogen and oxygen atoms in total. The maximum atomic E-state index is 12.6. The van der Waals surface area contributed by atoms with Gasteiger partial charge in [0.2, 0.25) is 0 Å². The zero-order valence-corrected chi connectivity index (χ0v) is 13.2. The lowest BCUT2D eigenvalue weighted by Crippen LogP contribution is -2.40. The average Bonchev–Trinajstić information content (AvgIpc) is 2.76. The maximum Gasteiger partial charge on any atom is 0.332 e. The molecule has 0 radical (unpaired) electrons. The molecule has 2 aromatic heterocycles. The van der Waals surface area contributed by atoms with E-state index in [2.05, 4.69) is 4.98 Å². The summed E-state index contributed by atoms with van der Waals surface area (Å²) in [5, 5.41) is 9.01. The van der Waals surface area contributed by atoms with Crippen molar-refractivity contribution in [3.63, 3.8) is 0 Å². The number of carboxylic acids is 1.